The quantitative estimate of drug-likeness (QED) is 0.882. The van der Waals surface area contributed by atoms with E-state index < -0.39 is 0 Å². The van der Waals surface area contributed by atoms with Gasteiger partial charge in [-0.25, -0.2) is 4.79 Å². The van der Waals surface area contributed by atoms with Crippen LogP contribution in [0.3, 0.4) is 0 Å². The summed E-state index contributed by atoms with van der Waals surface area (Å²) in [5, 5.41) is 5.40. The van der Waals surface area contributed by atoms with Gasteiger partial charge < -0.3 is 20.1 Å². The minimum absolute atomic E-state index is 0.331. The molecule has 2 aromatic rings. The Hall–Kier alpha value is -2.95. The Morgan fingerprint density at radius 1 is 1.04 bits per heavy atom. The predicted octanol–water partition coefficient (Wildman–Crippen LogP) is 3.80. The van der Waals surface area contributed by atoms with Crippen LogP contribution in [0.15, 0.2) is 48.7 Å². The Kier molecular flexibility index (Phi) is 5.63. The standard InChI is InChI=1S/C18H20N2O3/c1-13-6-4-5-7-14(13)10-11-19-18(21)20-15-8-9-16(22-2)17(12-15)23-3/h4-12H,1-3H3,(H2,19,20,21)/b11-10+. The second-order valence-electron chi connectivity index (χ2n) is 4.86. The number of urea groups is 1. The predicted molar refractivity (Wildman–Crippen MR) is 91.9 cm³/mol. The number of nitrogens with one attached hydrogen (secondary N) is 2. The van der Waals surface area contributed by atoms with Crippen LogP contribution >= 0.6 is 0 Å². The molecule has 0 radical (unpaired) electrons. The second kappa shape index (κ2) is 7.89. The zero-order valence-electron chi connectivity index (χ0n) is 13.4. The van der Waals surface area contributed by atoms with Crippen molar-refractivity contribution in [2.75, 3.05) is 19.5 Å². The normalized spacial score (nSPS) is 10.4. The van der Waals surface area contributed by atoms with Gasteiger partial charge in [0.15, 0.2) is 11.5 Å². The summed E-state index contributed by atoms with van der Waals surface area (Å²) in [5.41, 5.74) is 2.81. The molecule has 0 aliphatic carbocycles. The Morgan fingerprint density at radius 2 is 1.78 bits per heavy atom. The van der Waals surface area contributed by atoms with E-state index in [1.165, 1.54) is 0 Å². The van der Waals surface area contributed by atoms with Crippen molar-refractivity contribution < 1.29 is 14.3 Å². The van der Waals surface area contributed by atoms with Gasteiger partial charge in [0.25, 0.3) is 0 Å². The molecular formula is C18H20N2O3. The van der Waals surface area contributed by atoms with Gasteiger partial charge in [-0.05, 0) is 36.3 Å². The first-order valence-corrected chi connectivity index (χ1v) is 7.15. The maximum Gasteiger partial charge on any atom is 0.323 e. The van der Waals surface area contributed by atoms with Crippen molar-refractivity contribution in [2.45, 2.75) is 6.92 Å². The molecule has 2 amide bonds. The third kappa shape index (κ3) is 4.51. The van der Waals surface area contributed by atoms with Crippen molar-refractivity contribution in [2.24, 2.45) is 0 Å². The average molecular weight is 312 g/mol. The van der Waals surface area contributed by atoms with Gasteiger partial charge in [-0.2, -0.15) is 0 Å². The summed E-state index contributed by atoms with van der Waals surface area (Å²) in [6, 6.07) is 12.8. The largest absolute Gasteiger partial charge is 0.493 e. The highest BCUT2D eigenvalue weighted by atomic mass is 16.5. The summed E-state index contributed by atoms with van der Waals surface area (Å²) < 4.78 is 10.4. The van der Waals surface area contributed by atoms with E-state index in [0.29, 0.717) is 17.2 Å². The van der Waals surface area contributed by atoms with Crippen LogP contribution in [0, 0.1) is 6.92 Å². The van der Waals surface area contributed by atoms with Crippen LogP contribution < -0.4 is 20.1 Å². The number of amides is 2. The minimum atomic E-state index is -0.331. The molecule has 23 heavy (non-hydrogen) atoms. The van der Waals surface area contributed by atoms with Crippen LogP contribution in [-0.2, 0) is 0 Å². The molecule has 5 heteroatoms. The smallest absolute Gasteiger partial charge is 0.323 e. The molecule has 0 aliphatic rings. The molecule has 0 fully saturated rings. The fourth-order valence-electron chi connectivity index (χ4n) is 2.06. The van der Waals surface area contributed by atoms with Crippen molar-refractivity contribution in [3.8, 4) is 11.5 Å². The number of carbonyl (C=O) groups excluding carboxylic acids is 1. The monoisotopic (exact) mass is 312 g/mol. The summed E-state index contributed by atoms with van der Waals surface area (Å²) >= 11 is 0. The molecule has 0 spiro atoms. The summed E-state index contributed by atoms with van der Waals surface area (Å²) in [4.78, 5) is 11.9. The highest BCUT2D eigenvalue weighted by Crippen LogP contribution is 2.29. The number of benzene rings is 2. The molecule has 0 bridgehead atoms. The first-order valence-electron chi connectivity index (χ1n) is 7.15. The first kappa shape index (κ1) is 16.4. The van der Waals surface area contributed by atoms with E-state index in [1.54, 1.807) is 38.6 Å². The van der Waals surface area contributed by atoms with Crippen LogP contribution in [0.2, 0.25) is 0 Å². The number of ether oxygens (including phenoxy) is 2. The fraction of sp³-hybridized carbons (Fsp3) is 0.167. The Morgan fingerprint density at radius 3 is 2.48 bits per heavy atom. The van der Waals surface area contributed by atoms with Crippen molar-refractivity contribution in [3.05, 3.63) is 59.8 Å². The maximum absolute atomic E-state index is 11.9. The van der Waals surface area contributed by atoms with Gasteiger partial charge >= 0.3 is 6.03 Å². The first-order chi connectivity index (χ1) is 11.1. The lowest BCUT2D eigenvalue weighted by atomic mass is 10.1. The zero-order chi connectivity index (χ0) is 16.7. The molecule has 2 N–H and O–H groups in total. The van der Waals surface area contributed by atoms with E-state index in [1.807, 2.05) is 37.3 Å². The molecule has 0 saturated carbocycles. The van der Waals surface area contributed by atoms with Crippen molar-refractivity contribution in [3.63, 3.8) is 0 Å². The van der Waals surface area contributed by atoms with E-state index >= 15 is 0 Å². The highest BCUT2D eigenvalue weighted by molar-refractivity contribution is 5.90. The number of anilines is 1. The van der Waals surface area contributed by atoms with Gasteiger partial charge in [0.05, 0.1) is 14.2 Å². The number of methoxy groups -OCH3 is 2. The van der Waals surface area contributed by atoms with Gasteiger partial charge in [0.1, 0.15) is 0 Å². The van der Waals surface area contributed by atoms with Crippen molar-refractivity contribution in [1.29, 1.82) is 0 Å². The molecular weight excluding hydrogens is 292 g/mol. The van der Waals surface area contributed by atoms with E-state index in [2.05, 4.69) is 10.6 Å². The highest BCUT2D eigenvalue weighted by Gasteiger charge is 2.06. The van der Waals surface area contributed by atoms with E-state index in [-0.39, 0.29) is 6.03 Å². The fourth-order valence-corrected chi connectivity index (χ4v) is 2.06. The van der Waals surface area contributed by atoms with Crippen LogP contribution in [0.5, 0.6) is 11.5 Å². The number of rotatable bonds is 5. The van der Waals surface area contributed by atoms with Gasteiger partial charge in [-0.15, -0.1) is 0 Å². The molecule has 2 rings (SSSR count). The van der Waals surface area contributed by atoms with Gasteiger partial charge in [0, 0.05) is 18.0 Å². The topological polar surface area (TPSA) is 59.6 Å². The molecule has 0 aromatic heterocycles. The van der Waals surface area contributed by atoms with E-state index in [9.17, 15) is 4.79 Å². The number of hydrogen-bond donors (Lipinski definition) is 2. The SMILES string of the molecule is COc1ccc(NC(=O)N/C=C/c2ccccc2C)cc1OC. The van der Waals surface area contributed by atoms with Crippen LogP contribution in [-0.4, -0.2) is 20.3 Å². The molecule has 0 atom stereocenters. The lowest BCUT2D eigenvalue weighted by Gasteiger charge is -2.10. The summed E-state index contributed by atoms with van der Waals surface area (Å²) in [7, 11) is 3.11. The molecule has 0 aliphatic heterocycles. The third-order valence-electron chi connectivity index (χ3n) is 3.31. The lowest BCUT2D eigenvalue weighted by molar-refractivity contribution is 0.255. The number of carbonyl (C=O) groups is 1. The molecule has 2 aromatic carbocycles. The molecule has 0 unspecified atom stereocenters. The van der Waals surface area contributed by atoms with Crippen LogP contribution in [0.25, 0.3) is 6.08 Å². The van der Waals surface area contributed by atoms with Crippen molar-refractivity contribution in [1.82, 2.24) is 5.32 Å². The van der Waals surface area contributed by atoms with Crippen molar-refractivity contribution >= 4 is 17.8 Å². The maximum atomic E-state index is 11.9. The number of hydrogen-bond acceptors (Lipinski definition) is 3. The third-order valence-corrected chi connectivity index (χ3v) is 3.31. The number of aryl methyl sites for hydroxylation is 1. The van der Waals surface area contributed by atoms with Gasteiger partial charge in [-0.3, -0.25) is 0 Å². The zero-order valence-corrected chi connectivity index (χ0v) is 13.4. The molecule has 5 nitrogen and oxygen atoms in total. The average Bonchev–Trinajstić information content (AvgIpc) is 2.56. The Bertz CT molecular complexity index is 711. The van der Waals surface area contributed by atoms with E-state index in [0.717, 1.165) is 11.1 Å². The Labute approximate surface area is 135 Å². The molecule has 0 heterocycles. The summed E-state index contributed by atoms with van der Waals surface area (Å²) in [6.45, 7) is 2.02. The molecule has 0 saturated heterocycles. The lowest BCUT2D eigenvalue weighted by Crippen LogP contribution is -2.23. The van der Waals surface area contributed by atoms with Crippen LogP contribution in [0.4, 0.5) is 10.5 Å². The second-order valence-corrected chi connectivity index (χ2v) is 4.86. The summed E-state index contributed by atoms with van der Waals surface area (Å²) in [5.74, 6) is 1.17. The van der Waals surface area contributed by atoms with Gasteiger partial charge in [0.2, 0.25) is 0 Å². The Balaban J connectivity index is 1.96. The van der Waals surface area contributed by atoms with Crippen LogP contribution in [0.1, 0.15) is 11.1 Å². The molecule has 120 valence electrons. The van der Waals surface area contributed by atoms with Gasteiger partial charge in [-0.1, -0.05) is 24.3 Å². The minimum Gasteiger partial charge on any atom is -0.493 e. The van der Waals surface area contributed by atoms with E-state index in [4.69, 9.17) is 9.47 Å². The summed E-state index contributed by atoms with van der Waals surface area (Å²) in [6.07, 6.45) is 3.46.